The molecule has 0 amide bonds. The van der Waals surface area contributed by atoms with E-state index in [1.807, 2.05) is 12.1 Å². The standard InChI is InChI=1S/C16H24ClNO3/c1-20-14-9-8-11(15(17)16(14)21-2)10-18-12-6-4-3-5-7-13(12)19/h8-9,12-13,18-19H,3-7,10H2,1-2H3. The summed E-state index contributed by atoms with van der Waals surface area (Å²) in [5, 5.41) is 14.1. The van der Waals surface area contributed by atoms with Crippen molar-refractivity contribution in [1.82, 2.24) is 5.32 Å². The average Bonchev–Trinajstić information content (AvgIpc) is 2.70. The van der Waals surface area contributed by atoms with E-state index in [0.717, 1.165) is 31.2 Å². The zero-order valence-corrected chi connectivity index (χ0v) is 13.4. The lowest BCUT2D eigenvalue weighted by molar-refractivity contribution is 0.119. The van der Waals surface area contributed by atoms with Gasteiger partial charge in [0.1, 0.15) is 0 Å². The monoisotopic (exact) mass is 313 g/mol. The highest BCUT2D eigenvalue weighted by Crippen LogP contribution is 2.37. The minimum atomic E-state index is -0.272. The Balaban J connectivity index is 2.05. The number of hydrogen-bond acceptors (Lipinski definition) is 4. The summed E-state index contributed by atoms with van der Waals surface area (Å²) < 4.78 is 10.5. The zero-order chi connectivity index (χ0) is 15.2. The van der Waals surface area contributed by atoms with Crippen LogP contribution in [0.2, 0.25) is 5.02 Å². The molecule has 1 aromatic carbocycles. The van der Waals surface area contributed by atoms with Gasteiger partial charge in [-0.2, -0.15) is 0 Å². The molecule has 1 saturated carbocycles. The summed E-state index contributed by atoms with van der Waals surface area (Å²) in [6, 6.07) is 3.92. The number of hydrogen-bond donors (Lipinski definition) is 2. The Morgan fingerprint density at radius 3 is 2.67 bits per heavy atom. The van der Waals surface area contributed by atoms with Crippen LogP contribution in [0.5, 0.6) is 11.5 Å². The van der Waals surface area contributed by atoms with Gasteiger partial charge in [0.2, 0.25) is 0 Å². The maximum Gasteiger partial charge on any atom is 0.179 e. The van der Waals surface area contributed by atoms with E-state index in [-0.39, 0.29) is 12.1 Å². The van der Waals surface area contributed by atoms with Crippen molar-refractivity contribution < 1.29 is 14.6 Å². The molecule has 0 heterocycles. The van der Waals surface area contributed by atoms with Crippen LogP contribution in [0.4, 0.5) is 0 Å². The van der Waals surface area contributed by atoms with Crippen LogP contribution in [0.25, 0.3) is 0 Å². The van der Waals surface area contributed by atoms with E-state index in [1.54, 1.807) is 14.2 Å². The Labute approximate surface area is 131 Å². The second-order valence-electron chi connectivity index (χ2n) is 5.47. The van der Waals surface area contributed by atoms with Crippen LogP contribution < -0.4 is 14.8 Å². The van der Waals surface area contributed by atoms with E-state index < -0.39 is 0 Å². The molecule has 0 aromatic heterocycles. The van der Waals surface area contributed by atoms with Crippen molar-refractivity contribution in [2.45, 2.75) is 50.8 Å². The first-order valence-electron chi connectivity index (χ1n) is 7.48. The van der Waals surface area contributed by atoms with Crippen LogP contribution >= 0.6 is 11.6 Å². The van der Waals surface area contributed by atoms with Gasteiger partial charge in [-0.25, -0.2) is 0 Å². The lowest BCUT2D eigenvalue weighted by Gasteiger charge is -2.22. The van der Waals surface area contributed by atoms with Gasteiger partial charge in [0.25, 0.3) is 0 Å². The fourth-order valence-corrected chi connectivity index (χ4v) is 3.13. The molecule has 0 radical (unpaired) electrons. The topological polar surface area (TPSA) is 50.7 Å². The molecule has 5 heteroatoms. The number of rotatable bonds is 5. The van der Waals surface area contributed by atoms with Crippen molar-refractivity contribution in [1.29, 1.82) is 0 Å². The summed E-state index contributed by atoms with van der Waals surface area (Å²) in [6.45, 7) is 0.612. The highest BCUT2D eigenvalue weighted by molar-refractivity contribution is 6.33. The van der Waals surface area contributed by atoms with Crippen molar-refractivity contribution in [2.24, 2.45) is 0 Å². The molecule has 21 heavy (non-hydrogen) atoms. The predicted molar refractivity (Wildman–Crippen MR) is 84.3 cm³/mol. The fourth-order valence-electron chi connectivity index (χ4n) is 2.83. The average molecular weight is 314 g/mol. The predicted octanol–water partition coefficient (Wildman–Crippen LogP) is 3.14. The molecule has 1 fully saturated rings. The van der Waals surface area contributed by atoms with Gasteiger partial charge in [-0.15, -0.1) is 0 Å². The molecule has 4 nitrogen and oxygen atoms in total. The quantitative estimate of drug-likeness (QED) is 0.820. The summed E-state index contributed by atoms with van der Waals surface area (Å²) in [5.41, 5.74) is 0.950. The van der Waals surface area contributed by atoms with Gasteiger partial charge >= 0.3 is 0 Å². The van der Waals surface area contributed by atoms with Crippen LogP contribution in [0.1, 0.15) is 37.7 Å². The summed E-state index contributed by atoms with van der Waals surface area (Å²) in [6.07, 6.45) is 5.08. The van der Waals surface area contributed by atoms with Gasteiger partial charge in [-0.1, -0.05) is 36.9 Å². The number of methoxy groups -OCH3 is 2. The maximum atomic E-state index is 10.1. The number of benzene rings is 1. The highest BCUT2D eigenvalue weighted by atomic mass is 35.5. The van der Waals surface area contributed by atoms with E-state index in [1.165, 1.54) is 6.42 Å². The molecule has 0 aliphatic heterocycles. The Morgan fingerprint density at radius 1 is 1.19 bits per heavy atom. The molecule has 2 N–H and O–H groups in total. The minimum absolute atomic E-state index is 0.136. The van der Waals surface area contributed by atoms with E-state index in [9.17, 15) is 5.11 Å². The van der Waals surface area contributed by atoms with Crippen molar-refractivity contribution in [3.63, 3.8) is 0 Å². The van der Waals surface area contributed by atoms with Crippen LogP contribution in [0.15, 0.2) is 12.1 Å². The molecule has 2 rings (SSSR count). The zero-order valence-electron chi connectivity index (χ0n) is 12.7. The Hall–Kier alpha value is -0.970. The Kier molecular flexibility index (Phi) is 6.15. The van der Waals surface area contributed by atoms with Gasteiger partial charge in [-0.3, -0.25) is 0 Å². The first-order chi connectivity index (χ1) is 10.2. The molecular formula is C16H24ClNO3. The first kappa shape index (κ1) is 16.4. The summed E-state index contributed by atoms with van der Waals surface area (Å²) in [4.78, 5) is 0. The van der Waals surface area contributed by atoms with E-state index >= 15 is 0 Å². The van der Waals surface area contributed by atoms with Crippen molar-refractivity contribution in [3.05, 3.63) is 22.7 Å². The van der Waals surface area contributed by atoms with Crippen LogP contribution in [0, 0.1) is 0 Å². The van der Waals surface area contributed by atoms with E-state index in [4.69, 9.17) is 21.1 Å². The fraction of sp³-hybridized carbons (Fsp3) is 0.625. The summed E-state index contributed by atoms with van der Waals surface area (Å²) >= 11 is 6.37. The highest BCUT2D eigenvalue weighted by Gasteiger charge is 2.21. The third-order valence-corrected chi connectivity index (χ3v) is 4.51. The van der Waals surface area contributed by atoms with Crippen LogP contribution in [-0.2, 0) is 6.54 Å². The SMILES string of the molecule is COc1ccc(CNC2CCCCCC2O)c(Cl)c1OC. The molecule has 2 unspecified atom stereocenters. The molecule has 0 bridgehead atoms. The molecule has 1 aromatic rings. The lowest BCUT2D eigenvalue weighted by atomic mass is 10.1. The molecule has 1 aliphatic carbocycles. The van der Waals surface area contributed by atoms with Crippen LogP contribution in [-0.4, -0.2) is 31.5 Å². The Bertz CT molecular complexity index is 467. The lowest BCUT2D eigenvalue weighted by Crippen LogP contribution is -2.38. The van der Waals surface area contributed by atoms with Gasteiger partial charge in [0, 0.05) is 12.6 Å². The first-order valence-corrected chi connectivity index (χ1v) is 7.86. The molecule has 0 spiro atoms. The van der Waals surface area contributed by atoms with Crippen molar-refractivity contribution in [3.8, 4) is 11.5 Å². The summed E-state index contributed by atoms with van der Waals surface area (Å²) in [7, 11) is 3.17. The molecule has 2 atom stereocenters. The third-order valence-electron chi connectivity index (χ3n) is 4.10. The summed E-state index contributed by atoms with van der Waals surface area (Å²) in [5.74, 6) is 1.18. The number of aliphatic hydroxyl groups is 1. The molecule has 0 saturated heterocycles. The molecular weight excluding hydrogens is 290 g/mol. The second-order valence-corrected chi connectivity index (χ2v) is 5.84. The van der Waals surface area contributed by atoms with Gasteiger partial charge in [0.15, 0.2) is 11.5 Å². The Morgan fingerprint density at radius 2 is 1.95 bits per heavy atom. The normalized spacial score (nSPS) is 22.7. The second kappa shape index (κ2) is 7.87. The largest absolute Gasteiger partial charge is 0.493 e. The van der Waals surface area contributed by atoms with E-state index in [0.29, 0.717) is 23.1 Å². The smallest absolute Gasteiger partial charge is 0.179 e. The van der Waals surface area contributed by atoms with E-state index in [2.05, 4.69) is 5.32 Å². The molecule has 1 aliphatic rings. The van der Waals surface area contributed by atoms with Crippen LogP contribution in [0.3, 0.4) is 0 Å². The maximum absolute atomic E-state index is 10.1. The third kappa shape index (κ3) is 4.02. The van der Waals surface area contributed by atoms with Gasteiger partial charge in [0.05, 0.1) is 25.3 Å². The van der Waals surface area contributed by atoms with Gasteiger partial charge in [-0.05, 0) is 24.5 Å². The van der Waals surface area contributed by atoms with Gasteiger partial charge < -0.3 is 19.9 Å². The number of aliphatic hydroxyl groups excluding tert-OH is 1. The number of halogens is 1. The van der Waals surface area contributed by atoms with Crippen molar-refractivity contribution >= 4 is 11.6 Å². The van der Waals surface area contributed by atoms with Crippen molar-refractivity contribution in [2.75, 3.05) is 14.2 Å². The number of nitrogens with one attached hydrogen (secondary N) is 1. The minimum Gasteiger partial charge on any atom is -0.493 e. The molecule has 118 valence electrons. The number of ether oxygens (including phenoxy) is 2.